The molecule has 0 aliphatic heterocycles. The van der Waals surface area contributed by atoms with Gasteiger partial charge in [0.2, 0.25) is 0 Å². The number of pyridine rings is 1. The van der Waals surface area contributed by atoms with Gasteiger partial charge in [-0.05, 0) is 43.3 Å². The van der Waals surface area contributed by atoms with Crippen molar-refractivity contribution in [2.24, 2.45) is 0 Å². The predicted molar refractivity (Wildman–Crippen MR) is 98.1 cm³/mol. The smallest absolute Gasteiger partial charge is 0.281 e. The van der Waals surface area contributed by atoms with Crippen LogP contribution in [-0.2, 0) is 0 Å². The molecule has 0 aliphatic carbocycles. The molecule has 7 nitrogen and oxygen atoms in total. The number of aromatic nitrogens is 4. The first-order valence-corrected chi connectivity index (χ1v) is 8.13. The Kier molecular flexibility index (Phi) is 4.00. The molecule has 3 heterocycles. The third-order valence-corrected chi connectivity index (χ3v) is 4.08. The zero-order chi connectivity index (χ0) is 19.0. The van der Waals surface area contributed by atoms with E-state index in [0.29, 0.717) is 22.7 Å². The summed E-state index contributed by atoms with van der Waals surface area (Å²) in [5.41, 5.74) is 1.46. The van der Waals surface area contributed by atoms with Crippen LogP contribution in [0.3, 0.4) is 0 Å². The maximum atomic E-state index is 13.1. The lowest BCUT2D eigenvalue weighted by Gasteiger charge is -2.05. The molecule has 0 atom stereocenters. The van der Waals surface area contributed by atoms with Gasteiger partial charge < -0.3 is 10.3 Å². The molecule has 0 aliphatic rings. The Labute approximate surface area is 152 Å². The third-order valence-electron chi connectivity index (χ3n) is 4.08. The molecule has 0 radical (unpaired) electrons. The van der Waals surface area contributed by atoms with Gasteiger partial charge >= 0.3 is 0 Å². The molecular formula is C19H14FN5O2. The van der Waals surface area contributed by atoms with E-state index in [1.807, 2.05) is 0 Å². The second-order valence-electron chi connectivity index (χ2n) is 5.93. The molecule has 1 amide bonds. The number of hydrogen-bond acceptors (Lipinski definition) is 4. The normalized spacial score (nSPS) is 10.9. The number of aromatic amines is 1. The number of hydrogen-bond donors (Lipinski definition) is 2. The van der Waals surface area contributed by atoms with E-state index in [9.17, 15) is 14.0 Å². The van der Waals surface area contributed by atoms with Gasteiger partial charge in [-0.25, -0.2) is 14.4 Å². The summed E-state index contributed by atoms with van der Waals surface area (Å²) >= 11 is 0. The highest BCUT2D eigenvalue weighted by molar-refractivity contribution is 6.03. The molecule has 27 heavy (non-hydrogen) atoms. The lowest BCUT2D eigenvalue weighted by atomic mass is 10.2. The summed E-state index contributed by atoms with van der Waals surface area (Å²) in [6.07, 6.45) is 2.89. The number of imidazole rings is 1. The van der Waals surface area contributed by atoms with Gasteiger partial charge in [-0.15, -0.1) is 0 Å². The van der Waals surface area contributed by atoms with Crippen molar-refractivity contribution >= 4 is 17.2 Å². The van der Waals surface area contributed by atoms with Crippen LogP contribution in [0.25, 0.3) is 17.0 Å². The number of carbonyl (C=O) groups excluding carboxylic acids is 1. The molecule has 2 N–H and O–H groups in total. The Bertz CT molecular complexity index is 1210. The summed E-state index contributed by atoms with van der Waals surface area (Å²) in [4.78, 5) is 36.5. The lowest BCUT2D eigenvalue weighted by Crippen LogP contribution is -2.23. The predicted octanol–water partition coefficient (Wildman–Crippen LogP) is 2.78. The van der Waals surface area contributed by atoms with Crippen LogP contribution < -0.4 is 10.9 Å². The highest BCUT2D eigenvalue weighted by atomic mass is 19.1. The van der Waals surface area contributed by atoms with Crippen molar-refractivity contribution in [3.8, 4) is 11.4 Å². The van der Waals surface area contributed by atoms with Gasteiger partial charge in [-0.3, -0.25) is 14.0 Å². The molecule has 8 heteroatoms. The average Bonchev–Trinajstić information content (AvgIpc) is 3.06. The van der Waals surface area contributed by atoms with Gasteiger partial charge in [0.15, 0.2) is 0 Å². The molecule has 0 unspecified atom stereocenters. The Hall–Kier alpha value is -3.81. The molecule has 0 fully saturated rings. The Morgan fingerprint density at radius 1 is 1.19 bits per heavy atom. The number of nitrogens with one attached hydrogen (secondary N) is 2. The summed E-state index contributed by atoms with van der Waals surface area (Å²) in [6, 6.07) is 10.9. The fraction of sp³-hybridized carbons (Fsp3) is 0.0526. The van der Waals surface area contributed by atoms with E-state index in [0.717, 1.165) is 0 Å². The van der Waals surface area contributed by atoms with Crippen LogP contribution in [0.5, 0.6) is 0 Å². The highest BCUT2D eigenvalue weighted by Crippen LogP contribution is 2.19. The summed E-state index contributed by atoms with van der Waals surface area (Å²) in [7, 11) is 0. The van der Waals surface area contributed by atoms with Crippen LogP contribution in [0.4, 0.5) is 10.1 Å². The first-order chi connectivity index (χ1) is 13.0. The van der Waals surface area contributed by atoms with Crippen LogP contribution in [-0.4, -0.2) is 25.3 Å². The van der Waals surface area contributed by atoms with Gasteiger partial charge in [0.05, 0.1) is 6.20 Å². The number of aryl methyl sites for hydroxylation is 1. The van der Waals surface area contributed by atoms with E-state index in [4.69, 9.17) is 0 Å². The molecule has 4 aromatic rings. The fourth-order valence-electron chi connectivity index (χ4n) is 2.72. The largest absolute Gasteiger partial charge is 0.341 e. The zero-order valence-corrected chi connectivity index (χ0v) is 14.2. The van der Waals surface area contributed by atoms with Crippen molar-refractivity contribution in [1.82, 2.24) is 19.4 Å². The van der Waals surface area contributed by atoms with Crippen molar-refractivity contribution in [3.63, 3.8) is 0 Å². The first kappa shape index (κ1) is 16.6. The zero-order valence-electron chi connectivity index (χ0n) is 14.2. The number of amides is 1. The number of halogens is 1. The minimum Gasteiger partial charge on any atom is -0.341 e. The third kappa shape index (κ3) is 3.08. The van der Waals surface area contributed by atoms with Crippen LogP contribution in [0.15, 0.2) is 59.7 Å². The second kappa shape index (κ2) is 6.49. The Balaban J connectivity index is 1.65. The molecule has 0 saturated heterocycles. The molecule has 0 saturated carbocycles. The Morgan fingerprint density at radius 3 is 2.74 bits per heavy atom. The second-order valence-corrected chi connectivity index (χ2v) is 5.93. The van der Waals surface area contributed by atoms with E-state index in [-0.39, 0.29) is 22.8 Å². The maximum absolute atomic E-state index is 13.1. The van der Waals surface area contributed by atoms with E-state index < -0.39 is 5.91 Å². The van der Waals surface area contributed by atoms with E-state index in [1.54, 1.807) is 43.5 Å². The maximum Gasteiger partial charge on any atom is 0.281 e. The minimum atomic E-state index is -0.535. The highest BCUT2D eigenvalue weighted by Gasteiger charge is 2.17. The summed E-state index contributed by atoms with van der Waals surface area (Å²) in [5, 5.41) is 2.56. The van der Waals surface area contributed by atoms with Crippen molar-refractivity contribution in [2.75, 3.05) is 5.32 Å². The van der Waals surface area contributed by atoms with Crippen LogP contribution in [0, 0.1) is 12.7 Å². The van der Waals surface area contributed by atoms with E-state index >= 15 is 0 Å². The van der Waals surface area contributed by atoms with Crippen LogP contribution in [0.1, 0.15) is 16.2 Å². The molecule has 0 spiro atoms. The van der Waals surface area contributed by atoms with Gasteiger partial charge in [-0.1, -0.05) is 6.07 Å². The van der Waals surface area contributed by atoms with Gasteiger partial charge in [0.25, 0.3) is 11.5 Å². The van der Waals surface area contributed by atoms with Gasteiger partial charge in [-0.2, -0.15) is 0 Å². The summed E-state index contributed by atoms with van der Waals surface area (Å²) in [6.45, 7) is 1.69. The van der Waals surface area contributed by atoms with Crippen LogP contribution >= 0.6 is 0 Å². The molecule has 0 bridgehead atoms. The first-order valence-electron chi connectivity index (χ1n) is 8.13. The van der Waals surface area contributed by atoms with Crippen molar-refractivity contribution in [1.29, 1.82) is 0 Å². The summed E-state index contributed by atoms with van der Waals surface area (Å²) < 4.78 is 14.4. The molecule has 1 aromatic carbocycles. The number of fused-ring (bicyclic) bond motifs is 1. The number of rotatable bonds is 3. The SMILES string of the molecule is Cc1[nH]c(-c2ccc(F)cc2)nc1C(=O)Nc1cnc2ccccn2c1=O. The van der Waals surface area contributed by atoms with E-state index in [1.165, 1.54) is 22.7 Å². The number of nitrogens with zero attached hydrogens (tertiary/aromatic N) is 3. The molecular weight excluding hydrogens is 349 g/mol. The molecule has 3 aromatic heterocycles. The number of benzene rings is 1. The number of carbonyl (C=O) groups is 1. The lowest BCUT2D eigenvalue weighted by molar-refractivity contribution is 0.102. The van der Waals surface area contributed by atoms with E-state index in [2.05, 4.69) is 20.3 Å². The van der Waals surface area contributed by atoms with Crippen molar-refractivity contribution in [2.45, 2.75) is 6.92 Å². The van der Waals surface area contributed by atoms with Crippen molar-refractivity contribution in [3.05, 3.63) is 82.4 Å². The fourth-order valence-corrected chi connectivity index (χ4v) is 2.72. The van der Waals surface area contributed by atoms with Gasteiger partial charge in [0.1, 0.15) is 28.7 Å². The molecule has 4 rings (SSSR count). The number of H-pyrrole nitrogens is 1. The summed E-state index contributed by atoms with van der Waals surface area (Å²) in [5.74, 6) is -0.456. The van der Waals surface area contributed by atoms with Crippen LogP contribution in [0.2, 0.25) is 0 Å². The average molecular weight is 363 g/mol. The number of anilines is 1. The molecule has 134 valence electrons. The monoisotopic (exact) mass is 363 g/mol. The van der Waals surface area contributed by atoms with Crippen molar-refractivity contribution < 1.29 is 9.18 Å². The minimum absolute atomic E-state index is 0.0504. The topological polar surface area (TPSA) is 92.2 Å². The van der Waals surface area contributed by atoms with Gasteiger partial charge in [0, 0.05) is 17.5 Å². The standard InChI is InChI=1S/C19H14FN5O2/c1-11-16(24-17(22-11)12-5-7-13(20)8-6-12)18(26)23-14-10-21-15-4-2-3-9-25(15)19(14)27/h2-10H,1H3,(H,22,24)(H,23,26). The Morgan fingerprint density at radius 2 is 1.96 bits per heavy atom. The quantitative estimate of drug-likeness (QED) is 0.585.